The molecule has 1 heterocycles. The van der Waals surface area contributed by atoms with E-state index in [0.29, 0.717) is 17.9 Å². The van der Waals surface area contributed by atoms with Crippen molar-refractivity contribution >= 4 is 5.97 Å². The Balaban J connectivity index is 2.12. The maximum Gasteiger partial charge on any atom is 0.313 e. The molecule has 0 fully saturated rings. The van der Waals surface area contributed by atoms with Crippen LogP contribution in [0.25, 0.3) is 0 Å². The fraction of sp³-hybridized carbons (Fsp3) is 0.214. The number of hydrogen-bond donors (Lipinski definition) is 0. The molecule has 0 atom stereocenters. The Kier molecular flexibility index (Phi) is 3.94. The van der Waals surface area contributed by atoms with Gasteiger partial charge in [0.25, 0.3) is 0 Å². The largest absolute Gasteiger partial charge is 0.469 e. The Hall–Kier alpha value is -2.61. The van der Waals surface area contributed by atoms with Gasteiger partial charge in [0.15, 0.2) is 0 Å². The maximum absolute atomic E-state index is 11.3. The second-order valence-corrected chi connectivity index (χ2v) is 4.03. The quantitative estimate of drug-likeness (QED) is 0.777. The highest BCUT2D eigenvalue weighted by Gasteiger charge is 2.09. The Labute approximate surface area is 111 Å². The molecule has 0 saturated carbocycles. The summed E-state index contributed by atoms with van der Waals surface area (Å²) in [6.07, 6.45) is 3.62. The Bertz CT molecular complexity index is 608. The highest BCUT2D eigenvalue weighted by Crippen LogP contribution is 2.08. The fourth-order valence-electron chi connectivity index (χ4n) is 1.73. The van der Waals surface area contributed by atoms with Crippen LogP contribution in [0.4, 0.5) is 0 Å². The predicted molar refractivity (Wildman–Crippen MR) is 68.2 cm³/mol. The Morgan fingerprint density at radius 3 is 2.79 bits per heavy atom. The van der Waals surface area contributed by atoms with Crippen LogP contribution in [0, 0.1) is 11.3 Å². The van der Waals surface area contributed by atoms with E-state index >= 15 is 0 Å². The minimum absolute atomic E-state index is 0.153. The first-order valence-electron chi connectivity index (χ1n) is 5.79. The molecule has 2 aromatic rings. The van der Waals surface area contributed by atoms with Crippen LogP contribution in [0.5, 0.6) is 0 Å². The van der Waals surface area contributed by atoms with Gasteiger partial charge in [-0.1, -0.05) is 12.1 Å². The van der Waals surface area contributed by atoms with Crippen molar-refractivity contribution in [2.75, 3.05) is 7.11 Å². The van der Waals surface area contributed by atoms with Crippen molar-refractivity contribution in [1.29, 1.82) is 5.26 Å². The molecular weight excluding hydrogens is 242 g/mol. The molecule has 96 valence electrons. The molecule has 5 nitrogen and oxygen atoms in total. The standard InChI is InChI=1S/C14H13N3O2/c1-19-14(18)8-13-16-6-7-17(13)10-12-4-2-11(9-15)3-5-12/h2-7H,8,10H2,1H3. The zero-order valence-electron chi connectivity index (χ0n) is 10.5. The molecule has 0 spiro atoms. The van der Waals surface area contributed by atoms with Crippen molar-refractivity contribution in [3.63, 3.8) is 0 Å². The van der Waals surface area contributed by atoms with E-state index in [4.69, 9.17) is 5.26 Å². The summed E-state index contributed by atoms with van der Waals surface area (Å²) >= 11 is 0. The summed E-state index contributed by atoms with van der Waals surface area (Å²) in [4.78, 5) is 15.4. The third kappa shape index (κ3) is 3.19. The lowest BCUT2D eigenvalue weighted by atomic mass is 10.1. The number of carbonyl (C=O) groups is 1. The number of methoxy groups -OCH3 is 1. The molecule has 2 rings (SSSR count). The number of esters is 1. The zero-order valence-corrected chi connectivity index (χ0v) is 10.5. The Morgan fingerprint density at radius 2 is 2.16 bits per heavy atom. The van der Waals surface area contributed by atoms with Gasteiger partial charge < -0.3 is 9.30 Å². The topological polar surface area (TPSA) is 67.9 Å². The van der Waals surface area contributed by atoms with Crippen LogP contribution in [0.1, 0.15) is 17.0 Å². The number of carbonyl (C=O) groups excluding carboxylic acids is 1. The van der Waals surface area contributed by atoms with Gasteiger partial charge in [0.2, 0.25) is 0 Å². The molecule has 0 aliphatic heterocycles. The smallest absolute Gasteiger partial charge is 0.313 e. The Morgan fingerprint density at radius 1 is 1.42 bits per heavy atom. The minimum Gasteiger partial charge on any atom is -0.469 e. The van der Waals surface area contributed by atoms with E-state index in [-0.39, 0.29) is 12.4 Å². The third-order valence-corrected chi connectivity index (χ3v) is 2.77. The second kappa shape index (κ2) is 5.83. The van der Waals surface area contributed by atoms with Gasteiger partial charge >= 0.3 is 5.97 Å². The van der Waals surface area contributed by atoms with Crippen molar-refractivity contribution in [3.8, 4) is 6.07 Å². The van der Waals surface area contributed by atoms with Crippen LogP contribution in [0.3, 0.4) is 0 Å². The number of nitrogens with zero attached hydrogens (tertiary/aromatic N) is 3. The summed E-state index contributed by atoms with van der Waals surface area (Å²) in [7, 11) is 1.36. The SMILES string of the molecule is COC(=O)Cc1nccn1Cc1ccc(C#N)cc1. The number of aromatic nitrogens is 2. The van der Waals surface area contributed by atoms with Gasteiger partial charge in [0, 0.05) is 18.9 Å². The average molecular weight is 255 g/mol. The van der Waals surface area contributed by atoms with E-state index in [9.17, 15) is 4.79 Å². The first-order chi connectivity index (χ1) is 9.22. The van der Waals surface area contributed by atoms with Crippen molar-refractivity contribution < 1.29 is 9.53 Å². The van der Waals surface area contributed by atoms with Crippen molar-refractivity contribution in [3.05, 3.63) is 53.6 Å². The normalized spacial score (nSPS) is 9.89. The van der Waals surface area contributed by atoms with Gasteiger partial charge in [-0.05, 0) is 17.7 Å². The van der Waals surface area contributed by atoms with Crippen LogP contribution < -0.4 is 0 Å². The zero-order chi connectivity index (χ0) is 13.7. The highest BCUT2D eigenvalue weighted by molar-refractivity contribution is 5.71. The van der Waals surface area contributed by atoms with Crippen LogP contribution in [-0.4, -0.2) is 22.6 Å². The average Bonchev–Trinajstić information content (AvgIpc) is 2.86. The number of benzene rings is 1. The summed E-state index contributed by atoms with van der Waals surface area (Å²) in [5.41, 5.74) is 1.67. The van der Waals surface area contributed by atoms with Crippen LogP contribution >= 0.6 is 0 Å². The van der Waals surface area contributed by atoms with E-state index in [1.165, 1.54) is 7.11 Å². The summed E-state index contributed by atoms with van der Waals surface area (Å²) in [6.45, 7) is 0.609. The molecule has 0 saturated heterocycles. The van der Waals surface area contributed by atoms with Crippen LogP contribution in [-0.2, 0) is 22.5 Å². The molecule has 0 amide bonds. The monoisotopic (exact) mass is 255 g/mol. The molecule has 0 aliphatic carbocycles. The number of imidazole rings is 1. The molecule has 0 unspecified atom stereocenters. The van der Waals surface area contributed by atoms with E-state index in [1.54, 1.807) is 18.3 Å². The van der Waals surface area contributed by atoms with Gasteiger partial charge in [0.1, 0.15) is 12.2 Å². The van der Waals surface area contributed by atoms with Gasteiger partial charge in [0.05, 0.1) is 18.7 Å². The summed E-state index contributed by atoms with van der Waals surface area (Å²) in [5, 5.41) is 8.74. The molecule has 0 N–H and O–H groups in total. The first-order valence-corrected chi connectivity index (χ1v) is 5.79. The van der Waals surface area contributed by atoms with Crippen molar-refractivity contribution in [2.24, 2.45) is 0 Å². The molecule has 5 heteroatoms. The van der Waals surface area contributed by atoms with Crippen molar-refractivity contribution in [2.45, 2.75) is 13.0 Å². The second-order valence-electron chi connectivity index (χ2n) is 4.03. The molecule has 1 aromatic heterocycles. The summed E-state index contributed by atoms with van der Waals surface area (Å²) < 4.78 is 6.52. The molecule has 1 aromatic carbocycles. The third-order valence-electron chi connectivity index (χ3n) is 2.77. The summed E-state index contributed by atoms with van der Waals surface area (Å²) in [5.74, 6) is 0.350. The lowest BCUT2D eigenvalue weighted by Crippen LogP contribution is -2.11. The van der Waals surface area contributed by atoms with Gasteiger partial charge in [-0.15, -0.1) is 0 Å². The van der Waals surface area contributed by atoms with Gasteiger partial charge in [-0.2, -0.15) is 5.26 Å². The molecular formula is C14H13N3O2. The van der Waals surface area contributed by atoms with Crippen LogP contribution in [0.15, 0.2) is 36.7 Å². The summed E-state index contributed by atoms with van der Waals surface area (Å²) in [6, 6.07) is 9.40. The predicted octanol–water partition coefficient (Wildman–Crippen LogP) is 1.52. The van der Waals surface area contributed by atoms with Crippen LogP contribution in [0.2, 0.25) is 0 Å². The number of ether oxygens (including phenoxy) is 1. The van der Waals surface area contributed by atoms with Crippen molar-refractivity contribution in [1.82, 2.24) is 9.55 Å². The molecule has 0 radical (unpaired) electrons. The highest BCUT2D eigenvalue weighted by atomic mass is 16.5. The van der Waals surface area contributed by atoms with E-state index in [2.05, 4.69) is 15.8 Å². The van der Waals surface area contributed by atoms with Gasteiger partial charge in [-0.3, -0.25) is 4.79 Å². The van der Waals surface area contributed by atoms with Gasteiger partial charge in [-0.25, -0.2) is 4.98 Å². The lowest BCUT2D eigenvalue weighted by molar-refractivity contribution is -0.139. The first kappa shape index (κ1) is 12.8. The van der Waals surface area contributed by atoms with E-state index < -0.39 is 0 Å². The lowest BCUT2D eigenvalue weighted by Gasteiger charge is -2.07. The molecule has 0 bridgehead atoms. The van der Waals surface area contributed by atoms with E-state index in [1.807, 2.05) is 22.9 Å². The minimum atomic E-state index is -0.313. The number of hydrogen-bond acceptors (Lipinski definition) is 4. The molecule has 0 aliphatic rings. The fourth-order valence-corrected chi connectivity index (χ4v) is 1.73. The number of nitriles is 1. The maximum atomic E-state index is 11.3. The number of rotatable bonds is 4. The molecule has 19 heavy (non-hydrogen) atoms. The van der Waals surface area contributed by atoms with E-state index in [0.717, 1.165) is 5.56 Å².